The summed E-state index contributed by atoms with van der Waals surface area (Å²) in [5, 5.41) is 9.81. The van der Waals surface area contributed by atoms with Crippen LogP contribution in [0.5, 0.6) is 5.75 Å². The molecule has 4 aromatic rings. The fraction of sp³-hybridized carbons (Fsp3) is 0.235. The van der Waals surface area contributed by atoms with Gasteiger partial charge in [-0.05, 0) is 109 Å². The molecule has 9 nitrogen and oxygen atoms in total. The van der Waals surface area contributed by atoms with Crippen molar-refractivity contribution in [3.8, 4) is 5.75 Å². The van der Waals surface area contributed by atoms with Crippen molar-refractivity contribution in [3.05, 3.63) is 118 Å². The lowest BCUT2D eigenvalue weighted by atomic mass is 9.82. The first-order valence-corrected chi connectivity index (χ1v) is 16.7. The lowest BCUT2D eigenvalue weighted by Gasteiger charge is -2.25. The molecule has 11 heteroatoms. The lowest BCUT2D eigenvalue weighted by molar-refractivity contribution is 0.101. The van der Waals surface area contributed by atoms with Gasteiger partial charge in [0, 0.05) is 45.8 Å². The molecule has 2 amide bonds. The van der Waals surface area contributed by atoms with Crippen LogP contribution in [-0.4, -0.2) is 21.6 Å². The van der Waals surface area contributed by atoms with E-state index in [1.54, 1.807) is 48.5 Å². The summed E-state index contributed by atoms with van der Waals surface area (Å²) in [6, 6.07) is 26.1. The van der Waals surface area contributed by atoms with Gasteiger partial charge in [0.25, 0.3) is 11.8 Å². The highest BCUT2D eigenvalue weighted by Gasteiger charge is 2.41. The molecular formula is C34H33ClN3O6P. The van der Waals surface area contributed by atoms with Gasteiger partial charge in [0.1, 0.15) is 5.75 Å². The summed E-state index contributed by atoms with van der Waals surface area (Å²) in [7, 11) is -4.73. The Morgan fingerprint density at radius 1 is 0.822 bits per heavy atom. The van der Waals surface area contributed by atoms with Crippen molar-refractivity contribution in [1.29, 1.82) is 0 Å². The van der Waals surface area contributed by atoms with Crippen LogP contribution in [0.25, 0.3) is 0 Å². The Morgan fingerprint density at radius 3 is 2.22 bits per heavy atom. The molecule has 3 unspecified atom stereocenters. The van der Waals surface area contributed by atoms with Gasteiger partial charge in [-0.25, -0.2) is 4.57 Å². The Hall–Kier alpha value is -4.14. The number of halogens is 1. The SMILES string of the molecule is O=C(Nc1cccc(Cl)c1)c1cccc(CNc2ccc(C(=O)Nc3cccc(OP(=O)(O)O)c3)cc2C2CC3CCC2C3)c1. The van der Waals surface area contributed by atoms with Crippen molar-refractivity contribution < 1.29 is 28.5 Å². The topological polar surface area (TPSA) is 137 Å². The van der Waals surface area contributed by atoms with E-state index in [0.717, 1.165) is 23.2 Å². The van der Waals surface area contributed by atoms with Crippen molar-refractivity contribution in [2.24, 2.45) is 11.8 Å². The molecule has 5 N–H and O–H groups in total. The molecule has 0 saturated heterocycles. The van der Waals surface area contributed by atoms with Crippen LogP contribution in [0.4, 0.5) is 17.1 Å². The van der Waals surface area contributed by atoms with Crippen LogP contribution >= 0.6 is 19.4 Å². The first-order valence-electron chi connectivity index (χ1n) is 14.8. The van der Waals surface area contributed by atoms with E-state index in [0.29, 0.717) is 51.8 Å². The summed E-state index contributed by atoms with van der Waals surface area (Å²) in [6.45, 7) is 0.490. The number of phosphoric acid groups is 1. The molecule has 4 aromatic carbocycles. The molecule has 2 bridgehead atoms. The molecule has 2 fully saturated rings. The Bertz CT molecular complexity index is 1790. The average molecular weight is 646 g/mol. The molecule has 0 aromatic heterocycles. The highest BCUT2D eigenvalue weighted by Crippen LogP contribution is 2.54. The predicted octanol–water partition coefficient (Wildman–Crippen LogP) is 7.83. The lowest BCUT2D eigenvalue weighted by Crippen LogP contribution is -2.16. The second-order valence-electron chi connectivity index (χ2n) is 11.7. The fourth-order valence-corrected chi connectivity index (χ4v) is 7.14. The molecule has 6 rings (SSSR count). The number of hydrogen-bond donors (Lipinski definition) is 5. The third-order valence-corrected chi connectivity index (χ3v) is 9.21. The molecule has 0 radical (unpaired) electrons. The van der Waals surface area contributed by atoms with E-state index < -0.39 is 7.82 Å². The minimum absolute atomic E-state index is 0.0469. The predicted molar refractivity (Wildman–Crippen MR) is 175 cm³/mol. The maximum Gasteiger partial charge on any atom is 0.524 e. The van der Waals surface area contributed by atoms with Gasteiger partial charge >= 0.3 is 7.82 Å². The summed E-state index contributed by atoms with van der Waals surface area (Å²) < 4.78 is 15.9. The molecule has 2 aliphatic rings. The molecule has 0 aliphatic heterocycles. The van der Waals surface area contributed by atoms with E-state index in [-0.39, 0.29) is 17.6 Å². The molecule has 3 atom stereocenters. The number of nitrogens with one attached hydrogen (secondary N) is 3. The summed E-state index contributed by atoms with van der Waals surface area (Å²) in [5.74, 6) is 1.02. The third kappa shape index (κ3) is 7.75. The maximum atomic E-state index is 13.3. The van der Waals surface area contributed by atoms with Crippen LogP contribution in [0.3, 0.4) is 0 Å². The zero-order valence-corrected chi connectivity index (χ0v) is 25.9. The molecule has 2 aliphatic carbocycles. The number of anilines is 3. The number of amides is 2. The fourth-order valence-electron chi connectivity index (χ4n) is 6.56. The van der Waals surface area contributed by atoms with Crippen LogP contribution in [0.15, 0.2) is 91.0 Å². The van der Waals surface area contributed by atoms with E-state index in [1.807, 2.05) is 30.3 Å². The van der Waals surface area contributed by atoms with Crippen molar-refractivity contribution in [2.45, 2.75) is 38.1 Å². The zero-order chi connectivity index (χ0) is 31.6. The molecule has 0 spiro atoms. The molecule has 232 valence electrons. The third-order valence-electron chi connectivity index (χ3n) is 8.52. The monoisotopic (exact) mass is 645 g/mol. The van der Waals surface area contributed by atoms with Crippen molar-refractivity contribution >= 4 is 48.3 Å². The average Bonchev–Trinajstić information content (AvgIpc) is 3.64. The van der Waals surface area contributed by atoms with Crippen molar-refractivity contribution in [3.63, 3.8) is 0 Å². The van der Waals surface area contributed by atoms with E-state index in [9.17, 15) is 14.2 Å². The minimum atomic E-state index is -4.73. The number of fused-ring (bicyclic) bond motifs is 2. The van der Waals surface area contributed by atoms with Crippen LogP contribution in [0.1, 0.15) is 63.4 Å². The smallest absolute Gasteiger partial charge is 0.404 e. The van der Waals surface area contributed by atoms with Gasteiger partial charge < -0.3 is 20.5 Å². The summed E-state index contributed by atoms with van der Waals surface area (Å²) in [4.78, 5) is 44.5. The van der Waals surface area contributed by atoms with E-state index in [2.05, 4.69) is 20.5 Å². The van der Waals surface area contributed by atoms with Crippen molar-refractivity contribution in [2.75, 3.05) is 16.0 Å². The van der Waals surface area contributed by atoms with E-state index in [4.69, 9.17) is 21.4 Å². The Kier molecular flexibility index (Phi) is 8.97. The Morgan fingerprint density at radius 2 is 1.53 bits per heavy atom. The minimum Gasteiger partial charge on any atom is -0.404 e. The van der Waals surface area contributed by atoms with Gasteiger partial charge in [-0.1, -0.05) is 42.3 Å². The second kappa shape index (κ2) is 13.1. The van der Waals surface area contributed by atoms with Gasteiger partial charge in [0.15, 0.2) is 0 Å². The molecule has 45 heavy (non-hydrogen) atoms. The first kappa shape index (κ1) is 30.9. The van der Waals surface area contributed by atoms with E-state index >= 15 is 0 Å². The molecule has 2 saturated carbocycles. The number of carbonyl (C=O) groups is 2. The number of hydrogen-bond acceptors (Lipinski definition) is 5. The first-order chi connectivity index (χ1) is 21.6. The number of rotatable bonds is 10. The number of benzene rings is 4. The largest absolute Gasteiger partial charge is 0.524 e. The van der Waals surface area contributed by atoms with Crippen LogP contribution < -0.4 is 20.5 Å². The van der Waals surface area contributed by atoms with Gasteiger partial charge in [-0.3, -0.25) is 19.4 Å². The highest BCUT2D eigenvalue weighted by atomic mass is 35.5. The zero-order valence-electron chi connectivity index (χ0n) is 24.3. The highest BCUT2D eigenvalue weighted by molar-refractivity contribution is 7.46. The number of carbonyl (C=O) groups excluding carboxylic acids is 2. The van der Waals surface area contributed by atoms with Gasteiger partial charge in [-0.2, -0.15) is 0 Å². The normalized spacial score (nSPS) is 18.8. The van der Waals surface area contributed by atoms with Crippen LogP contribution in [0.2, 0.25) is 5.02 Å². The summed E-state index contributed by atoms with van der Waals surface area (Å²) in [5.41, 5.74) is 4.99. The maximum absolute atomic E-state index is 13.3. The van der Waals surface area contributed by atoms with Crippen molar-refractivity contribution in [1.82, 2.24) is 0 Å². The summed E-state index contributed by atoms with van der Waals surface area (Å²) >= 11 is 6.06. The Balaban J connectivity index is 1.19. The molecule has 0 heterocycles. The standard InChI is InChI=1S/C34H33ClN3O6P/c35-26-6-2-7-27(18-26)37-33(39)24-5-1-4-22(15-24)20-36-32-13-12-25(17-31(32)30-16-21-10-11-23(30)14-21)34(40)38-28-8-3-9-29(19-28)44-45(41,42)43/h1-9,12-13,15,17-19,21,23,30,36H,10-11,14,16,20H2,(H,37,39)(H,38,40)(H2,41,42,43). The Labute approximate surface area is 266 Å². The summed E-state index contributed by atoms with van der Waals surface area (Å²) in [6.07, 6.45) is 4.73. The van der Waals surface area contributed by atoms with Crippen LogP contribution in [-0.2, 0) is 11.1 Å². The quantitative estimate of drug-likeness (QED) is 0.111. The van der Waals surface area contributed by atoms with Gasteiger partial charge in [0.2, 0.25) is 0 Å². The van der Waals surface area contributed by atoms with Gasteiger partial charge in [0.05, 0.1) is 0 Å². The van der Waals surface area contributed by atoms with Crippen LogP contribution in [0, 0.1) is 11.8 Å². The van der Waals surface area contributed by atoms with Gasteiger partial charge in [-0.15, -0.1) is 0 Å². The second-order valence-corrected chi connectivity index (χ2v) is 13.3. The van der Waals surface area contributed by atoms with E-state index in [1.165, 1.54) is 31.4 Å². The number of phosphoric ester groups is 1. The molecular weight excluding hydrogens is 613 g/mol.